The minimum Gasteiger partial charge on any atom is -0.439 e. The average molecular weight is 381 g/mol. The van der Waals surface area contributed by atoms with Crippen LogP contribution in [0.5, 0.6) is 5.75 Å². The van der Waals surface area contributed by atoms with Crippen molar-refractivity contribution in [2.24, 2.45) is 0 Å². The van der Waals surface area contributed by atoms with E-state index < -0.39 is 11.3 Å². The fraction of sp³-hybridized carbons (Fsp3) is 0.235. The fourth-order valence-electron chi connectivity index (χ4n) is 2.54. The van der Waals surface area contributed by atoms with E-state index in [1.54, 1.807) is 7.05 Å². The molecule has 3 aromatic rings. The molecule has 3 rings (SSSR count). The predicted octanol–water partition coefficient (Wildman–Crippen LogP) is 4.27. The van der Waals surface area contributed by atoms with Crippen LogP contribution in [0.3, 0.4) is 0 Å². The highest BCUT2D eigenvalue weighted by Crippen LogP contribution is 2.24. The van der Waals surface area contributed by atoms with Gasteiger partial charge in [-0.2, -0.15) is 0 Å². The maximum absolute atomic E-state index is 12.2. The van der Waals surface area contributed by atoms with Gasteiger partial charge in [-0.25, -0.2) is 4.98 Å². The Labute approximate surface area is 151 Å². The number of alkyl halides is 3. The lowest BCUT2D eigenvalue weighted by molar-refractivity contribution is -0.384. The van der Waals surface area contributed by atoms with Crippen molar-refractivity contribution < 1.29 is 27.2 Å². The molecule has 0 aliphatic rings. The van der Waals surface area contributed by atoms with Gasteiger partial charge in [0.1, 0.15) is 11.3 Å². The molecule has 2 aromatic carbocycles. The van der Waals surface area contributed by atoms with Gasteiger partial charge in [-0.3, -0.25) is 15.0 Å². The van der Waals surface area contributed by atoms with Crippen molar-refractivity contribution in [3.63, 3.8) is 0 Å². The highest BCUT2D eigenvalue weighted by atomic mass is 19.4. The van der Waals surface area contributed by atoms with Crippen LogP contribution in [-0.2, 0) is 13.1 Å². The van der Waals surface area contributed by atoms with Crippen molar-refractivity contribution in [2.45, 2.75) is 19.5 Å². The summed E-state index contributed by atoms with van der Waals surface area (Å²) in [6.45, 7) is 0.758. The number of hydrogen-bond acceptors (Lipinski definition) is 6. The van der Waals surface area contributed by atoms with Crippen LogP contribution in [0.2, 0.25) is 0 Å². The summed E-state index contributed by atoms with van der Waals surface area (Å²) in [5.74, 6) is 0.0967. The molecular formula is C17H14F3N3O4. The zero-order valence-electron chi connectivity index (χ0n) is 14.1. The van der Waals surface area contributed by atoms with Gasteiger partial charge in [0, 0.05) is 18.7 Å². The van der Waals surface area contributed by atoms with Crippen molar-refractivity contribution in [3.05, 3.63) is 64.0 Å². The van der Waals surface area contributed by atoms with Crippen molar-refractivity contribution in [1.29, 1.82) is 0 Å². The molecule has 1 heterocycles. The standard InChI is InChI=1S/C17H14F3N3O4/c1-22(9-11-2-5-13(6-3-11)27-17(18,19)20)10-16-21-14-8-12(23(24)25)4-7-15(14)26-16/h2-8H,9-10H2,1H3. The first-order valence-electron chi connectivity index (χ1n) is 7.77. The number of nitro groups is 1. The number of ether oxygens (including phenoxy) is 1. The van der Waals surface area contributed by atoms with E-state index in [0.29, 0.717) is 30.1 Å². The van der Waals surface area contributed by atoms with E-state index in [1.165, 1.54) is 42.5 Å². The van der Waals surface area contributed by atoms with Crippen LogP contribution in [0.25, 0.3) is 11.1 Å². The Morgan fingerprint density at radius 3 is 2.52 bits per heavy atom. The molecule has 0 saturated heterocycles. The lowest BCUT2D eigenvalue weighted by Gasteiger charge is -2.15. The monoisotopic (exact) mass is 381 g/mol. The quantitative estimate of drug-likeness (QED) is 0.469. The van der Waals surface area contributed by atoms with Gasteiger partial charge in [0.2, 0.25) is 5.89 Å². The van der Waals surface area contributed by atoms with Crippen LogP contribution in [0.15, 0.2) is 46.9 Å². The molecule has 27 heavy (non-hydrogen) atoms. The summed E-state index contributed by atoms with van der Waals surface area (Å²) in [5, 5.41) is 10.8. The Kier molecular flexibility index (Phi) is 5.00. The Bertz CT molecular complexity index is 954. The number of non-ortho nitro benzene ring substituents is 1. The van der Waals surface area contributed by atoms with E-state index in [-0.39, 0.29) is 11.4 Å². The fourth-order valence-corrected chi connectivity index (χ4v) is 2.54. The third-order valence-electron chi connectivity index (χ3n) is 3.64. The van der Waals surface area contributed by atoms with E-state index in [2.05, 4.69) is 9.72 Å². The van der Waals surface area contributed by atoms with E-state index in [1.807, 2.05) is 4.90 Å². The molecule has 0 aliphatic heterocycles. The van der Waals surface area contributed by atoms with Crippen LogP contribution in [0.4, 0.5) is 18.9 Å². The first kappa shape index (κ1) is 18.6. The van der Waals surface area contributed by atoms with Gasteiger partial charge < -0.3 is 9.15 Å². The summed E-state index contributed by atoms with van der Waals surface area (Å²) in [7, 11) is 1.79. The average Bonchev–Trinajstić information content (AvgIpc) is 2.96. The summed E-state index contributed by atoms with van der Waals surface area (Å²) in [6, 6.07) is 9.72. The van der Waals surface area contributed by atoms with Crippen LogP contribution in [0.1, 0.15) is 11.5 Å². The second-order valence-electron chi connectivity index (χ2n) is 5.88. The topological polar surface area (TPSA) is 81.6 Å². The molecule has 0 amide bonds. The number of rotatable bonds is 6. The molecule has 0 aliphatic carbocycles. The van der Waals surface area contributed by atoms with Crippen LogP contribution in [-0.4, -0.2) is 28.2 Å². The maximum Gasteiger partial charge on any atom is 0.573 e. The number of halogens is 3. The Hall–Kier alpha value is -3.14. The van der Waals surface area contributed by atoms with Gasteiger partial charge in [-0.05, 0) is 30.8 Å². The molecule has 0 unspecified atom stereocenters. The third-order valence-corrected chi connectivity index (χ3v) is 3.64. The molecule has 0 saturated carbocycles. The summed E-state index contributed by atoms with van der Waals surface area (Å²) < 4.78 is 45.9. The van der Waals surface area contributed by atoms with E-state index in [0.717, 1.165) is 5.56 Å². The Morgan fingerprint density at radius 1 is 1.19 bits per heavy atom. The van der Waals surface area contributed by atoms with E-state index >= 15 is 0 Å². The molecule has 0 bridgehead atoms. The molecule has 0 spiro atoms. The first-order chi connectivity index (χ1) is 12.7. The molecule has 0 radical (unpaired) electrons. The minimum absolute atomic E-state index is 0.0723. The van der Waals surface area contributed by atoms with Crippen molar-refractivity contribution in [1.82, 2.24) is 9.88 Å². The molecule has 0 N–H and O–H groups in total. The summed E-state index contributed by atoms with van der Waals surface area (Å²) in [5.41, 5.74) is 1.54. The smallest absolute Gasteiger partial charge is 0.439 e. The number of nitro benzene ring substituents is 1. The van der Waals surface area contributed by atoms with Gasteiger partial charge in [0.15, 0.2) is 5.58 Å². The SMILES string of the molecule is CN(Cc1ccc(OC(F)(F)F)cc1)Cc1nc2cc([N+](=O)[O-])ccc2o1. The highest BCUT2D eigenvalue weighted by Gasteiger charge is 2.30. The second kappa shape index (κ2) is 7.23. The van der Waals surface area contributed by atoms with Gasteiger partial charge in [0.25, 0.3) is 5.69 Å². The summed E-state index contributed by atoms with van der Waals surface area (Å²) in [4.78, 5) is 16.4. The van der Waals surface area contributed by atoms with Gasteiger partial charge >= 0.3 is 6.36 Å². The Balaban J connectivity index is 1.64. The lowest BCUT2D eigenvalue weighted by atomic mass is 10.2. The molecule has 10 heteroatoms. The van der Waals surface area contributed by atoms with Crippen LogP contribution in [0, 0.1) is 10.1 Å². The molecule has 0 fully saturated rings. The number of aromatic nitrogens is 1. The van der Waals surface area contributed by atoms with Gasteiger partial charge in [-0.1, -0.05) is 12.1 Å². The maximum atomic E-state index is 12.2. The van der Waals surface area contributed by atoms with Gasteiger partial charge in [0.05, 0.1) is 11.5 Å². The van der Waals surface area contributed by atoms with E-state index in [9.17, 15) is 23.3 Å². The molecule has 0 atom stereocenters. The predicted molar refractivity (Wildman–Crippen MR) is 89.0 cm³/mol. The zero-order valence-corrected chi connectivity index (χ0v) is 14.1. The largest absolute Gasteiger partial charge is 0.573 e. The van der Waals surface area contributed by atoms with Crippen LogP contribution < -0.4 is 4.74 Å². The minimum atomic E-state index is -4.72. The number of hydrogen-bond donors (Lipinski definition) is 0. The normalized spacial score (nSPS) is 11.9. The number of benzene rings is 2. The van der Waals surface area contributed by atoms with Gasteiger partial charge in [-0.15, -0.1) is 13.2 Å². The summed E-state index contributed by atoms with van der Waals surface area (Å²) in [6.07, 6.45) is -4.72. The van der Waals surface area contributed by atoms with Crippen molar-refractivity contribution in [2.75, 3.05) is 7.05 Å². The first-order valence-corrected chi connectivity index (χ1v) is 7.77. The zero-order chi connectivity index (χ0) is 19.6. The lowest BCUT2D eigenvalue weighted by Crippen LogP contribution is -2.18. The molecule has 1 aromatic heterocycles. The van der Waals surface area contributed by atoms with E-state index in [4.69, 9.17) is 4.42 Å². The number of oxazole rings is 1. The number of nitrogens with zero attached hydrogens (tertiary/aromatic N) is 3. The molecule has 142 valence electrons. The molecule has 7 nitrogen and oxygen atoms in total. The Morgan fingerprint density at radius 2 is 1.89 bits per heavy atom. The van der Waals surface area contributed by atoms with Crippen molar-refractivity contribution in [3.8, 4) is 5.75 Å². The summed E-state index contributed by atoms with van der Waals surface area (Å²) >= 11 is 0. The third kappa shape index (κ3) is 4.94. The highest BCUT2D eigenvalue weighted by molar-refractivity contribution is 5.75. The number of fused-ring (bicyclic) bond motifs is 1. The van der Waals surface area contributed by atoms with Crippen LogP contribution >= 0.6 is 0 Å². The second-order valence-corrected chi connectivity index (χ2v) is 5.88. The van der Waals surface area contributed by atoms with Crippen molar-refractivity contribution >= 4 is 16.8 Å². The molecular weight excluding hydrogens is 367 g/mol.